The Balaban J connectivity index is 2.14. The van der Waals surface area contributed by atoms with E-state index in [1.54, 1.807) is 16.4 Å². The Morgan fingerprint density at radius 3 is 2.38 bits per heavy atom. The molecule has 0 amide bonds. The molecule has 0 aliphatic carbocycles. The second-order valence-electron chi connectivity index (χ2n) is 6.45. The molecule has 0 unspecified atom stereocenters. The Labute approximate surface area is 125 Å². The van der Waals surface area contributed by atoms with Gasteiger partial charge in [0.1, 0.15) is 0 Å². The summed E-state index contributed by atoms with van der Waals surface area (Å²) in [6.07, 6.45) is 0.888. The summed E-state index contributed by atoms with van der Waals surface area (Å²) in [5, 5.41) is 1.49. The summed E-state index contributed by atoms with van der Waals surface area (Å²) < 4.78 is 27.5. The zero-order chi connectivity index (χ0) is 15.3. The van der Waals surface area contributed by atoms with E-state index in [4.69, 9.17) is 5.73 Å². The molecule has 0 aromatic heterocycles. The van der Waals surface area contributed by atoms with Crippen molar-refractivity contribution in [3.8, 4) is 0 Å². The highest BCUT2D eigenvalue weighted by atomic mass is 32.2. The van der Waals surface area contributed by atoms with Gasteiger partial charge in [0.2, 0.25) is 10.0 Å². The van der Waals surface area contributed by atoms with Gasteiger partial charge in [-0.3, -0.25) is 0 Å². The number of anilines is 1. The highest BCUT2D eigenvalue weighted by molar-refractivity contribution is 7.89. The number of benzene rings is 2. The summed E-state index contributed by atoms with van der Waals surface area (Å²) in [4.78, 5) is 0.352. The Kier molecular flexibility index (Phi) is 3.22. The average molecular weight is 304 g/mol. The summed E-state index contributed by atoms with van der Waals surface area (Å²) in [5.74, 6) is 0. The van der Waals surface area contributed by atoms with Crippen LogP contribution >= 0.6 is 0 Å². The molecule has 3 rings (SSSR count). The number of fused-ring (bicyclic) bond motifs is 1. The Hall–Kier alpha value is -1.59. The molecule has 1 fully saturated rings. The number of hydrogen-bond acceptors (Lipinski definition) is 3. The molecule has 112 valence electrons. The van der Waals surface area contributed by atoms with Gasteiger partial charge in [-0.05, 0) is 24.0 Å². The van der Waals surface area contributed by atoms with Crippen molar-refractivity contribution in [2.75, 3.05) is 18.8 Å². The van der Waals surface area contributed by atoms with Crippen molar-refractivity contribution in [3.05, 3.63) is 36.4 Å². The number of nitrogens with zero attached hydrogens (tertiary/aromatic N) is 1. The van der Waals surface area contributed by atoms with E-state index in [0.29, 0.717) is 29.1 Å². The fraction of sp³-hybridized carbons (Fsp3) is 0.375. The molecular weight excluding hydrogens is 284 g/mol. The normalized spacial score (nSPS) is 19.1. The number of hydrogen-bond donors (Lipinski definition) is 1. The molecule has 0 bridgehead atoms. The van der Waals surface area contributed by atoms with Crippen molar-refractivity contribution >= 4 is 26.5 Å². The lowest BCUT2D eigenvalue weighted by Gasteiger charge is -2.20. The molecule has 0 saturated carbocycles. The maximum atomic E-state index is 12.9. The average Bonchev–Trinajstić information content (AvgIpc) is 2.80. The van der Waals surface area contributed by atoms with Crippen LogP contribution in [0.25, 0.3) is 10.8 Å². The molecule has 2 aromatic carbocycles. The van der Waals surface area contributed by atoms with Crippen LogP contribution < -0.4 is 5.73 Å². The molecule has 1 heterocycles. The SMILES string of the molecule is CC1(C)CCN(S(=O)(=O)c2ccc(N)c3ccccc23)C1. The van der Waals surface area contributed by atoms with Crippen LogP contribution in [0.4, 0.5) is 5.69 Å². The second-order valence-corrected chi connectivity index (χ2v) is 8.36. The topological polar surface area (TPSA) is 63.4 Å². The molecule has 0 spiro atoms. The van der Waals surface area contributed by atoms with E-state index in [2.05, 4.69) is 13.8 Å². The quantitative estimate of drug-likeness (QED) is 0.868. The zero-order valence-electron chi connectivity index (χ0n) is 12.3. The summed E-state index contributed by atoms with van der Waals surface area (Å²) in [6, 6.07) is 10.7. The number of nitrogens with two attached hydrogens (primary N) is 1. The molecule has 4 nitrogen and oxygen atoms in total. The van der Waals surface area contributed by atoms with E-state index < -0.39 is 10.0 Å². The van der Waals surface area contributed by atoms with E-state index in [9.17, 15) is 8.42 Å². The first kappa shape index (κ1) is 14.4. The monoisotopic (exact) mass is 304 g/mol. The van der Waals surface area contributed by atoms with Crippen molar-refractivity contribution in [1.29, 1.82) is 0 Å². The number of sulfonamides is 1. The summed E-state index contributed by atoms with van der Waals surface area (Å²) in [7, 11) is -3.48. The predicted octanol–water partition coefficient (Wildman–Crippen LogP) is 2.84. The van der Waals surface area contributed by atoms with Crippen molar-refractivity contribution in [2.24, 2.45) is 5.41 Å². The lowest BCUT2D eigenvalue weighted by atomic mass is 9.93. The van der Waals surface area contributed by atoms with Crippen LogP contribution in [0.3, 0.4) is 0 Å². The molecular formula is C16H20N2O2S. The summed E-state index contributed by atoms with van der Waals surface area (Å²) in [5.41, 5.74) is 6.60. The van der Waals surface area contributed by atoms with Gasteiger partial charge in [0, 0.05) is 29.5 Å². The fourth-order valence-corrected chi connectivity index (χ4v) is 4.75. The van der Waals surface area contributed by atoms with E-state index in [1.165, 1.54) is 0 Å². The van der Waals surface area contributed by atoms with Crippen LogP contribution in [-0.2, 0) is 10.0 Å². The van der Waals surface area contributed by atoms with Gasteiger partial charge >= 0.3 is 0 Å². The Morgan fingerprint density at radius 2 is 1.76 bits per heavy atom. The zero-order valence-corrected chi connectivity index (χ0v) is 13.2. The highest BCUT2D eigenvalue weighted by Gasteiger charge is 2.37. The maximum absolute atomic E-state index is 12.9. The minimum atomic E-state index is -3.48. The van der Waals surface area contributed by atoms with Gasteiger partial charge in [0.05, 0.1) is 4.90 Å². The molecule has 0 radical (unpaired) electrons. The van der Waals surface area contributed by atoms with Crippen LogP contribution in [0.2, 0.25) is 0 Å². The maximum Gasteiger partial charge on any atom is 0.243 e. The smallest absolute Gasteiger partial charge is 0.243 e. The first-order valence-electron chi connectivity index (χ1n) is 7.09. The van der Waals surface area contributed by atoms with Gasteiger partial charge in [0.15, 0.2) is 0 Å². The lowest BCUT2D eigenvalue weighted by molar-refractivity contribution is 0.375. The summed E-state index contributed by atoms with van der Waals surface area (Å²) in [6.45, 7) is 5.34. The van der Waals surface area contributed by atoms with Crippen molar-refractivity contribution in [1.82, 2.24) is 4.31 Å². The Bertz CT molecular complexity index is 797. The molecule has 1 aliphatic rings. The van der Waals surface area contributed by atoms with Gasteiger partial charge in [-0.2, -0.15) is 4.31 Å². The van der Waals surface area contributed by atoms with Gasteiger partial charge < -0.3 is 5.73 Å². The first-order valence-corrected chi connectivity index (χ1v) is 8.53. The third-order valence-corrected chi connectivity index (χ3v) is 6.08. The Morgan fingerprint density at radius 1 is 1.10 bits per heavy atom. The van der Waals surface area contributed by atoms with E-state index in [1.807, 2.05) is 24.3 Å². The van der Waals surface area contributed by atoms with Crippen LogP contribution in [0.5, 0.6) is 0 Å². The first-order chi connectivity index (χ1) is 9.81. The van der Waals surface area contributed by atoms with E-state index >= 15 is 0 Å². The second kappa shape index (κ2) is 4.71. The van der Waals surface area contributed by atoms with Gasteiger partial charge in [-0.15, -0.1) is 0 Å². The van der Waals surface area contributed by atoms with Crippen LogP contribution in [0.1, 0.15) is 20.3 Å². The molecule has 1 saturated heterocycles. The molecule has 5 heteroatoms. The van der Waals surface area contributed by atoms with Crippen LogP contribution in [-0.4, -0.2) is 25.8 Å². The van der Waals surface area contributed by atoms with Crippen molar-refractivity contribution in [3.63, 3.8) is 0 Å². The third kappa shape index (κ3) is 2.40. The fourth-order valence-electron chi connectivity index (χ4n) is 2.93. The van der Waals surface area contributed by atoms with E-state index in [0.717, 1.165) is 11.8 Å². The molecule has 1 aliphatic heterocycles. The van der Waals surface area contributed by atoms with Crippen molar-refractivity contribution in [2.45, 2.75) is 25.2 Å². The van der Waals surface area contributed by atoms with Crippen LogP contribution in [0.15, 0.2) is 41.3 Å². The minimum absolute atomic E-state index is 0.0384. The highest BCUT2D eigenvalue weighted by Crippen LogP contribution is 2.35. The standard InChI is InChI=1S/C16H20N2O2S/c1-16(2)9-10-18(11-16)21(19,20)15-8-7-14(17)12-5-3-4-6-13(12)15/h3-8H,9-11,17H2,1-2H3. The largest absolute Gasteiger partial charge is 0.398 e. The number of nitrogen functional groups attached to an aromatic ring is 1. The van der Waals surface area contributed by atoms with E-state index in [-0.39, 0.29) is 5.41 Å². The van der Waals surface area contributed by atoms with Gasteiger partial charge in [0.25, 0.3) is 0 Å². The molecule has 2 aromatic rings. The molecule has 0 atom stereocenters. The predicted molar refractivity (Wildman–Crippen MR) is 85.5 cm³/mol. The summed E-state index contributed by atoms with van der Waals surface area (Å²) >= 11 is 0. The van der Waals surface area contributed by atoms with Gasteiger partial charge in [-0.25, -0.2) is 8.42 Å². The lowest BCUT2D eigenvalue weighted by Crippen LogP contribution is -2.30. The number of rotatable bonds is 2. The molecule has 21 heavy (non-hydrogen) atoms. The van der Waals surface area contributed by atoms with Gasteiger partial charge in [-0.1, -0.05) is 38.1 Å². The van der Waals surface area contributed by atoms with Crippen molar-refractivity contribution < 1.29 is 8.42 Å². The minimum Gasteiger partial charge on any atom is -0.398 e. The molecule has 2 N–H and O–H groups in total. The third-order valence-electron chi connectivity index (χ3n) is 4.18. The van der Waals surface area contributed by atoms with Crippen LogP contribution in [0, 0.1) is 5.41 Å².